The highest BCUT2D eigenvalue weighted by Crippen LogP contribution is 2.32. The van der Waals surface area contributed by atoms with E-state index in [1.54, 1.807) is 0 Å². The van der Waals surface area contributed by atoms with Gasteiger partial charge in [-0.15, -0.1) is 0 Å². The molecule has 166 valence electrons. The summed E-state index contributed by atoms with van der Waals surface area (Å²) in [5, 5.41) is 10.6. The second-order valence-corrected chi connectivity index (χ2v) is 6.78. The third-order valence-corrected chi connectivity index (χ3v) is 4.37. The van der Waals surface area contributed by atoms with Crippen molar-refractivity contribution in [1.29, 1.82) is 0 Å². The van der Waals surface area contributed by atoms with Crippen molar-refractivity contribution >= 4 is 24.0 Å². The molecule has 0 saturated heterocycles. The minimum Gasteiger partial charge on any atom is -0.506 e. The lowest BCUT2D eigenvalue weighted by Crippen LogP contribution is -2.21. The van der Waals surface area contributed by atoms with E-state index < -0.39 is 29.2 Å². The molecule has 0 spiro atoms. The molecule has 0 aliphatic rings. The maximum atomic E-state index is 12.8. The highest BCUT2D eigenvalue weighted by molar-refractivity contribution is 6.12. The van der Waals surface area contributed by atoms with Gasteiger partial charge in [-0.3, -0.25) is 0 Å². The van der Waals surface area contributed by atoms with Crippen LogP contribution in [0.25, 0.3) is 6.08 Å². The van der Waals surface area contributed by atoms with Crippen LogP contribution in [0.15, 0.2) is 12.6 Å². The van der Waals surface area contributed by atoms with E-state index in [1.807, 2.05) is 20.8 Å². The van der Waals surface area contributed by atoms with Crippen molar-refractivity contribution in [1.82, 2.24) is 0 Å². The third kappa shape index (κ3) is 6.90. The van der Waals surface area contributed by atoms with E-state index in [-0.39, 0.29) is 36.5 Å². The first-order valence-corrected chi connectivity index (χ1v) is 10.5. The Bertz CT molecular complexity index is 752. The van der Waals surface area contributed by atoms with E-state index in [0.29, 0.717) is 19.3 Å². The number of ether oxygens (including phenoxy) is 3. The van der Waals surface area contributed by atoms with Crippen LogP contribution in [0.5, 0.6) is 5.75 Å². The molecule has 0 aromatic heterocycles. The van der Waals surface area contributed by atoms with E-state index in [4.69, 9.17) is 14.2 Å². The molecular formula is C23H32O7. The molecule has 0 atom stereocenters. The van der Waals surface area contributed by atoms with Crippen molar-refractivity contribution in [3.63, 3.8) is 0 Å². The number of rotatable bonds is 13. The van der Waals surface area contributed by atoms with Crippen LogP contribution in [0.1, 0.15) is 95.9 Å². The van der Waals surface area contributed by atoms with Gasteiger partial charge in [0.05, 0.1) is 30.9 Å². The summed E-state index contributed by atoms with van der Waals surface area (Å²) in [6.07, 6.45) is 5.60. The van der Waals surface area contributed by atoms with E-state index in [2.05, 4.69) is 6.58 Å². The first kappa shape index (κ1) is 25.2. The van der Waals surface area contributed by atoms with Crippen molar-refractivity contribution in [2.24, 2.45) is 0 Å². The Hall–Kier alpha value is -2.83. The van der Waals surface area contributed by atoms with Crippen molar-refractivity contribution in [2.45, 2.75) is 59.3 Å². The Kier molecular flexibility index (Phi) is 11.3. The summed E-state index contributed by atoms with van der Waals surface area (Å²) in [4.78, 5) is 38.2. The van der Waals surface area contributed by atoms with E-state index in [9.17, 15) is 19.5 Å². The van der Waals surface area contributed by atoms with E-state index >= 15 is 0 Å². The average Bonchev–Trinajstić information content (AvgIpc) is 2.73. The van der Waals surface area contributed by atoms with Crippen LogP contribution in [0, 0.1) is 0 Å². The molecule has 0 unspecified atom stereocenters. The first-order valence-electron chi connectivity index (χ1n) is 10.5. The summed E-state index contributed by atoms with van der Waals surface area (Å²) >= 11 is 0. The Balaban J connectivity index is 3.50. The number of aromatic hydroxyl groups is 1. The van der Waals surface area contributed by atoms with E-state index in [0.717, 1.165) is 19.3 Å². The molecule has 0 bridgehead atoms. The lowest BCUT2D eigenvalue weighted by atomic mass is 9.95. The molecule has 0 fully saturated rings. The molecule has 7 heteroatoms. The molecule has 1 rings (SSSR count). The summed E-state index contributed by atoms with van der Waals surface area (Å²) in [5.41, 5.74) is -0.808. The number of phenolic OH excluding ortho intramolecular Hbond substituents is 1. The number of carbonyl (C=O) groups excluding carboxylic acids is 3. The van der Waals surface area contributed by atoms with Gasteiger partial charge in [-0.25, -0.2) is 14.4 Å². The average molecular weight is 421 g/mol. The zero-order valence-corrected chi connectivity index (χ0v) is 18.1. The molecule has 0 saturated carbocycles. The molecule has 7 nitrogen and oxygen atoms in total. The Labute approximate surface area is 178 Å². The van der Waals surface area contributed by atoms with Crippen LogP contribution in [-0.4, -0.2) is 42.8 Å². The number of esters is 3. The largest absolute Gasteiger partial charge is 0.506 e. The standard InChI is InChI=1S/C23H32O7/c1-5-9-12-28-21(25)17-15-16(8-4)20(24)19(23(27)30-14-11-7-3)18(17)22(26)29-13-10-6-2/h8,15,24H,4-7,9-14H2,1-3H3. The molecule has 1 aromatic carbocycles. The van der Waals surface area contributed by atoms with Gasteiger partial charge in [0, 0.05) is 5.56 Å². The molecule has 0 amide bonds. The normalized spacial score (nSPS) is 10.4. The Morgan fingerprint density at radius 2 is 1.27 bits per heavy atom. The zero-order valence-electron chi connectivity index (χ0n) is 18.1. The minimum atomic E-state index is -0.908. The number of unbranched alkanes of at least 4 members (excludes halogenated alkanes) is 3. The monoisotopic (exact) mass is 420 g/mol. The second kappa shape index (κ2) is 13.4. The maximum Gasteiger partial charge on any atom is 0.342 e. The number of carbonyl (C=O) groups is 3. The highest BCUT2D eigenvalue weighted by Gasteiger charge is 2.32. The molecule has 0 heterocycles. The molecule has 1 N–H and O–H groups in total. The predicted molar refractivity (Wildman–Crippen MR) is 114 cm³/mol. The quantitative estimate of drug-likeness (QED) is 0.275. The van der Waals surface area contributed by atoms with Crippen LogP contribution in [0.2, 0.25) is 0 Å². The summed E-state index contributed by atoms with van der Waals surface area (Å²) in [7, 11) is 0. The molecule has 1 aromatic rings. The van der Waals surface area contributed by atoms with Gasteiger partial charge in [0.1, 0.15) is 11.3 Å². The van der Waals surface area contributed by atoms with Gasteiger partial charge in [0.2, 0.25) is 0 Å². The summed E-state index contributed by atoms with van der Waals surface area (Å²) in [5.74, 6) is -3.07. The third-order valence-electron chi connectivity index (χ3n) is 4.37. The molecular weight excluding hydrogens is 388 g/mol. The molecule has 30 heavy (non-hydrogen) atoms. The number of phenols is 1. The van der Waals surface area contributed by atoms with Gasteiger partial charge in [-0.05, 0) is 25.3 Å². The summed E-state index contributed by atoms with van der Waals surface area (Å²) in [6.45, 7) is 9.82. The van der Waals surface area contributed by atoms with Crippen molar-refractivity contribution < 1.29 is 33.7 Å². The highest BCUT2D eigenvalue weighted by atomic mass is 16.5. The summed E-state index contributed by atoms with van der Waals surface area (Å²) < 4.78 is 15.7. The van der Waals surface area contributed by atoms with Crippen molar-refractivity contribution in [3.8, 4) is 5.75 Å². The van der Waals surface area contributed by atoms with Gasteiger partial charge in [0.25, 0.3) is 0 Å². The zero-order chi connectivity index (χ0) is 22.5. The fourth-order valence-electron chi connectivity index (χ4n) is 2.57. The van der Waals surface area contributed by atoms with Crippen LogP contribution in [0.4, 0.5) is 0 Å². The van der Waals surface area contributed by atoms with Crippen LogP contribution in [0.3, 0.4) is 0 Å². The second-order valence-electron chi connectivity index (χ2n) is 6.78. The SMILES string of the molecule is C=Cc1cc(C(=O)OCCCC)c(C(=O)OCCCC)c(C(=O)OCCCC)c1O. The van der Waals surface area contributed by atoms with Gasteiger partial charge in [0.15, 0.2) is 0 Å². The molecule has 0 aliphatic carbocycles. The first-order chi connectivity index (χ1) is 14.4. The maximum absolute atomic E-state index is 12.8. The fraction of sp³-hybridized carbons (Fsp3) is 0.522. The van der Waals surface area contributed by atoms with Gasteiger partial charge < -0.3 is 19.3 Å². The van der Waals surface area contributed by atoms with E-state index in [1.165, 1.54) is 12.1 Å². The summed E-state index contributed by atoms with van der Waals surface area (Å²) in [6, 6.07) is 1.27. The van der Waals surface area contributed by atoms with Gasteiger partial charge in [-0.1, -0.05) is 52.7 Å². The van der Waals surface area contributed by atoms with Crippen molar-refractivity contribution in [3.05, 3.63) is 34.9 Å². The number of benzene rings is 1. The Morgan fingerprint density at radius 3 is 1.70 bits per heavy atom. The number of hydrogen-bond acceptors (Lipinski definition) is 7. The van der Waals surface area contributed by atoms with Gasteiger partial charge >= 0.3 is 17.9 Å². The lowest BCUT2D eigenvalue weighted by molar-refractivity contribution is 0.0430. The van der Waals surface area contributed by atoms with Crippen LogP contribution in [-0.2, 0) is 14.2 Å². The van der Waals surface area contributed by atoms with Crippen molar-refractivity contribution in [2.75, 3.05) is 19.8 Å². The fourth-order valence-corrected chi connectivity index (χ4v) is 2.57. The number of hydrogen-bond donors (Lipinski definition) is 1. The molecule has 0 aliphatic heterocycles. The lowest BCUT2D eigenvalue weighted by Gasteiger charge is -2.16. The minimum absolute atomic E-state index is 0.116. The topological polar surface area (TPSA) is 99.1 Å². The predicted octanol–water partition coefficient (Wildman–Crippen LogP) is 4.91. The van der Waals surface area contributed by atoms with Crippen LogP contribution >= 0.6 is 0 Å². The Morgan fingerprint density at radius 1 is 0.833 bits per heavy atom. The smallest absolute Gasteiger partial charge is 0.342 e. The van der Waals surface area contributed by atoms with Gasteiger partial charge in [-0.2, -0.15) is 0 Å². The molecule has 0 radical (unpaired) electrons. The van der Waals surface area contributed by atoms with Crippen LogP contribution < -0.4 is 0 Å².